The first-order valence-corrected chi connectivity index (χ1v) is 4.86. The van der Waals surface area contributed by atoms with Crippen molar-refractivity contribution in [2.75, 3.05) is 13.0 Å². The van der Waals surface area contributed by atoms with Gasteiger partial charge in [0.1, 0.15) is 5.75 Å². The minimum absolute atomic E-state index is 0.699. The van der Waals surface area contributed by atoms with E-state index >= 15 is 0 Å². The molecule has 1 aromatic rings. The number of benzene rings is 1. The number of rotatable bonds is 4. The number of methoxy groups -OCH3 is 1. The van der Waals surface area contributed by atoms with Crippen LogP contribution in [0.1, 0.15) is 11.1 Å². The number of hydrogen-bond acceptors (Lipinski definition) is 3. The molecule has 0 radical (unpaired) electrons. The number of nitrogens with one attached hydrogen (secondary N) is 1. The molecule has 0 atom stereocenters. The molecule has 1 rings (SSSR count). The summed E-state index contributed by atoms with van der Waals surface area (Å²) in [5, 5.41) is 3.15. The summed E-state index contributed by atoms with van der Waals surface area (Å²) < 4.78 is 5.17. The highest BCUT2D eigenvalue weighted by molar-refractivity contribution is 7.80. The predicted octanol–water partition coefficient (Wildman–Crippen LogP) is 1.98. The molecule has 0 heterocycles. The van der Waals surface area contributed by atoms with Crippen LogP contribution in [-0.4, -0.2) is 13.0 Å². The fraction of sp³-hybridized carbons (Fsp3) is 0.400. The van der Waals surface area contributed by atoms with Gasteiger partial charge in [0.25, 0.3) is 0 Å². The van der Waals surface area contributed by atoms with Gasteiger partial charge in [0.15, 0.2) is 0 Å². The highest BCUT2D eigenvalue weighted by Gasteiger charge is 1.98. The highest BCUT2D eigenvalue weighted by atomic mass is 32.1. The monoisotopic (exact) mass is 197 g/mol. The quantitative estimate of drug-likeness (QED) is 0.569. The maximum atomic E-state index is 5.17. The van der Waals surface area contributed by atoms with E-state index in [4.69, 9.17) is 4.74 Å². The maximum Gasteiger partial charge on any atom is 0.121 e. The number of hydrogen-bond donors (Lipinski definition) is 2. The van der Waals surface area contributed by atoms with Crippen molar-refractivity contribution >= 4 is 12.6 Å². The summed E-state index contributed by atoms with van der Waals surface area (Å²) in [5.41, 5.74) is 2.42. The molecular formula is C10H15NOS. The Kier molecular flexibility index (Phi) is 4.12. The van der Waals surface area contributed by atoms with Crippen LogP contribution in [0.25, 0.3) is 0 Å². The number of aryl methyl sites for hydroxylation is 1. The van der Waals surface area contributed by atoms with Crippen LogP contribution in [0.5, 0.6) is 5.75 Å². The van der Waals surface area contributed by atoms with E-state index in [1.165, 1.54) is 11.1 Å². The van der Waals surface area contributed by atoms with E-state index in [9.17, 15) is 0 Å². The lowest BCUT2D eigenvalue weighted by molar-refractivity contribution is 0.411. The first-order chi connectivity index (χ1) is 6.27. The molecule has 1 N–H and O–H groups in total. The van der Waals surface area contributed by atoms with Crippen molar-refractivity contribution in [2.45, 2.75) is 13.5 Å². The molecule has 0 saturated heterocycles. The summed E-state index contributed by atoms with van der Waals surface area (Å²) in [6.07, 6.45) is 0. The zero-order chi connectivity index (χ0) is 9.68. The van der Waals surface area contributed by atoms with E-state index in [2.05, 4.69) is 30.1 Å². The molecule has 3 heteroatoms. The van der Waals surface area contributed by atoms with E-state index in [0.29, 0.717) is 5.88 Å². The van der Waals surface area contributed by atoms with Gasteiger partial charge in [-0.2, -0.15) is 12.6 Å². The van der Waals surface area contributed by atoms with Gasteiger partial charge in [-0.15, -0.1) is 0 Å². The Morgan fingerprint density at radius 1 is 1.46 bits per heavy atom. The third kappa shape index (κ3) is 2.94. The number of ether oxygens (including phenoxy) is 1. The summed E-state index contributed by atoms with van der Waals surface area (Å²) in [7, 11) is 1.69. The van der Waals surface area contributed by atoms with Crippen molar-refractivity contribution in [3.05, 3.63) is 29.3 Å². The first kappa shape index (κ1) is 10.4. The van der Waals surface area contributed by atoms with Gasteiger partial charge in [-0.05, 0) is 24.1 Å². The smallest absolute Gasteiger partial charge is 0.121 e. The van der Waals surface area contributed by atoms with Gasteiger partial charge in [-0.3, -0.25) is 0 Å². The minimum Gasteiger partial charge on any atom is -0.496 e. The predicted molar refractivity (Wildman–Crippen MR) is 58.4 cm³/mol. The summed E-state index contributed by atoms with van der Waals surface area (Å²) in [5.74, 6) is 1.64. The Morgan fingerprint density at radius 3 is 2.77 bits per heavy atom. The molecule has 2 nitrogen and oxygen atoms in total. The topological polar surface area (TPSA) is 21.3 Å². The third-order valence-electron chi connectivity index (χ3n) is 1.90. The van der Waals surface area contributed by atoms with Crippen LogP contribution >= 0.6 is 12.6 Å². The molecule has 0 saturated carbocycles. The van der Waals surface area contributed by atoms with Crippen molar-refractivity contribution in [3.63, 3.8) is 0 Å². The van der Waals surface area contributed by atoms with Gasteiger partial charge in [0.05, 0.1) is 7.11 Å². The summed E-state index contributed by atoms with van der Waals surface area (Å²) in [6.45, 7) is 2.90. The van der Waals surface area contributed by atoms with Gasteiger partial charge >= 0.3 is 0 Å². The van der Waals surface area contributed by atoms with Gasteiger partial charge in [-0.1, -0.05) is 12.1 Å². The lowest BCUT2D eigenvalue weighted by atomic mass is 10.1. The Bertz CT molecular complexity index is 276. The van der Waals surface area contributed by atoms with Crippen molar-refractivity contribution in [3.8, 4) is 5.75 Å². The largest absolute Gasteiger partial charge is 0.496 e. The first-order valence-electron chi connectivity index (χ1n) is 4.23. The van der Waals surface area contributed by atoms with Crippen LogP contribution < -0.4 is 10.1 Å². The van der Waals surface area contributed by atoms with Crippen LogP contribution in [0.15, 0.2) is 18.2 Å². The SMILES string of the molecule is COc1ccc(CNCS)cc1C. The maximum absolute atomic E-state index is 5.17. The normalized spacial score (nSPS) is 10.1. The van der Waals surface area contributed by atoms with Crippen molar-refractivity contribution in [2.24, 2.45) is 0 Å². The molecule has 0 fully saturated rings. The van der Waals surface area contributed by atoms with Gasteiger partial charge in [0.2, 0.25) is 0 Å². The van der Waals surface area contributed by atoms with Crippen LogP contribution in [-0.2, 0) is 6.54 Å². The second kappa shape index (κ2) is 5.14. The molecule has 1 aromatic carbocycles. The van der Waals surface area contributed by atoms with Crippen LogP contribution in [0, 0.1) is 6.92 Å². The van der Waals surface area contributed by atoms with Gasteiger partial charge in [0, 0.05) is 12.4 Å². The second-order valence-electron chi connectivity index (χ2n) is 2.89. The molecule has 0 aromatic heterocycles. The standard InChI is InChI=1S/C10H15NOS/c1-8-5-9(6-11-7-13)3-4-10(8)12-2/h3-5,11,13H,6-7H2,1-2H3. The molecule has 0 spiro atoms. The summed E-state index contributed by atoms with van der Waals surface area (Å²) >= 11 is 4.08. The van der Waals surface area contributed by atoms with Gasteiger partial charge in [-0.25, -0.2) is 0 Å². The van der Waals surface area contributed by atoms with E-state index in [1.807, 2.05) is 13.0 Å². The zero-order valence-corrected chi connectivity index (χ0v) is 8.90. The fourth-order valence-electron chi connectivity index (χ4n) is 1.25. The Labute approximate surface area is 84.7 Å². The lowest BCUT2D eigenvalue weighted by Gasteiger charge is -2.07. The average molecular weight is 197 g/mol. The van der Waals surface area contributed by atoms with E-state index in [1.54, 1.807) is 7.11 Å². The lowest BCUT2D eigenvalue weighted by Crippen LogP contribution is -2.10. The molecular weight excluding hydrogens is 182 g/mol. The molecule has 0 amide bonds. The van der Waals surface area contributed by atoms with Crippen LogP contribution in [0.4, 0.5) is 0 Å². The molecule has 72 valence electrons. The number of thiol groups is 1. The van der Waals surface area contributed by atoms with Crippen molar-refractivity contribution in [1.29, 1.82) is 0 Å². The fourth-order valence-corrected chi connectivity index (χ4v) is 1.36. The Morgan fingerprint density at radius 2 is 2.23 bits per heavy atom. The minimum atomic E-state index is 0.699. The van der Waals surface area contributed by atoms with Crippen molar-refractivity contribution in [1.82, 2.24) is 5.32 Å². The molecule has 0 aliphatic carbocycles. The molecule has 0 bridgehead atoms. The molecule has 0 aliphatic rings. The van der Waals surface area contributed by atoms with Crippen molar-refractivity contribution < 1.29 is 4.74 Å². The molecule has 13 heavy (non-hydrogen) atoms. The molecule has 0 unspecified atom stereocenters. The van der Waals surface area contributed by atoms with Crippen LogP contribution in [0.3, 0.4) is 0 Å². The van der Waals surface area contributed by atoms with E-state index in [-0.39, 0.29) is 0 Å². The average Bonchev–Trinajstić information content (AvgIpc) is 2.15. The Balaban J connectivity index is 2.71. The summed E-state index contributed by atoms with van der Waals surface area (Å²) in [6, 6.07) is 6.17. The zero-order valence-electron chi connectivity index (χ0n) is 8.00. The highest BCUT2D eigenvalue weighted by Crippen LogP contribution is 2.18. The molecule has 0 aliphatic heterocycles. The van der Waals surface area contributed by atoms with E-state index < -0.39 is 0 Å². The third-order valence-corrected chi connectivity index (χ3v) is 2.12. The summed E-state index contributed by atoms with van der Waals surface area (Å²) in [4.78, 5) is 0. The van der Waals surface area contributed by atoms with Gasteiger partial charge < -0.3 is 10.1 Å². The Hall–Kier alpha value is -0.670. The van der Waals surface area contributed by atoms with Crippen LogP contribution in [0.2, 0.25) is 0 Å². The van der Waals surface area contributed by atoms with E-state index in [0.717, 1.165) is 12.3 Å². The second-order valence-corrected chi connectivity index (χ2v) is 3.21.